The highest BCUT2D eigenvalue weighted by molar-refractivity contribution is 7.80. The number of hydrogen-bond donors (Lipinski definition) is 1. The Hall–Kier alpha value is -1.26. The smallest absolute Gasteiger partial charge is 0.346 e. The van der Waals surface area contributed by atoms with E-state index in [1.807, 2.05) is 17.5 Å². The Balaban J connectivity index is 2.03. The third kappa shape index (κ3) is 3.11. The van der Waals surface area contributed by atoms with Gasteiger partial charge in [0.05, 0.1) is 0 Å². The molecule has 0 aliphatic heterocycles. The van der Waals surface area contributed by atoms with E-state index in [-0.39, 0.29) is 0 Å². The zero-order valence-electron chi connectivity index (χ0n) is 9.18. The van der Waals surface area contributed by atoms with Gasteiger partial charge in [0.2, 0.25) is 0 Å². The largest absolute Gasteiger partial charge is 0.477 e. The van der Waals surface area contributed by atoms with Crippen molar-refractivity contribution in [2.24, 2.45) is 0 Å². The maximum absolute atomic E-state index is 10.9. The van der Waals surface area contributed by atoms with E-state index >= 15 is 0 Å². The number of aromatic carboxylic acids is 1. The van der Waals surface area contributed by atoms with Gasteiger partial charge in [-0.25, -0.2) is 4.79 Å². The third-order valence-corrected chi connectivity index (χ3v) is 3.85. The summed E-state index contributed by atoms with van der Waals surface area (Å²) < 4.78 is 0. The van der Waals surface area contributed by atoms with Gasteiger partial charge in [-0.2, -0.15) is 0 Å². The highest BCUT2D eigenvalue weighted by atomic mass is 32.1. The zero-order valence-corrected chi connectivity index (χ0v) is 10.8. The van der Waals surface area contributed by atoms with Crippen LogP contribution in [0.15, 0.2) is 35.2 Å². The van der Waals surface area contributed by atoms with Crippen molar-refractivity contribution in [1.29, 1.82) is 0 Å². The standard InChI is InChI=1S/C13H12O2S2/c14-13(15)12-10(6-7-17-12)5-4-9-2-1-3-11(16)8-9/h1-2,6-8H,3-5H2,(H,14,15). The Morgan fingerprint density at radius 3 is 3.00 bits per heavy atom. The first-order valence-corrected chi connectivity index (χ1v) is 6.65. The number of hydrogen-bond acceptors (Lipinski definition) is 3. The van der Waals surface area contributed by atoms with Crippen LogP contribution in [0.4, 0.5) is 0 Å². The lowest BCUT2D eigenvalue weighted by Gasteiger charge is -2.07. The first-order valence-electron chi connectivity index (χ1n) is 5.36. The van der Waals surface area contributed by atoms with Crippen molar-refractivity contribution in [1.82, 2.24) is 0 Å². The van der Waals surface area contributed by atoms with Crippen LogP contribution in [-0.4, -0.2) is 15.9 Å². The second-order valence-corrected chi connectivity index (χ2v) is 5.31. The summed E-state index contributed by atoms with van der Waals surface area (Å²) >= 11 is 6.43. The van der Waals surface area contributed by atoms with Gasteiger partial charge in [-0.1, -0.05) is 24.4 Å². The molecule has 1 N–H and O–H groups in total. The average Bonchev–Trinajstić information content (AvgIpc) is 2.74. The minimum Gasteiger partial charge on any atom is -0.477 e. The van der Waals surface area contributed by atoms with E-state index in [1.54, 1.807) is 0 Å². The van der Waals surface area contributed by atoms with Gasteiger partial charge >= 0.3 is 5.97 Å². The van der Waals surface area contributed by atoms with E-state index in [2.05, 4.69) is 12.2 Å². The van der Waals surface area contributed by atoms with Gasteiger partial charge in [0.1, 0.15) is 4.88 Å². The van der Waals surface area contributed by atoms with Crippen LogP contribution in [0.2, 0.25) is 0 Å². The van der Waals surface area contributed by atoms with Crippen molar-refractivity contribution in [3.63, 3.8) is 0 Å². The molecule has 88 valence electrons. The van der Waals surface area contributed by atoms with Crippen LogP contribution < -0.4 is 0 Å². The van der Waals surface area contributed by atoms with E-state index in [0.29, 0.717) is 4.88 Å². The molecular formula is C13H12O2S2. The van der Waals surface area contributed by atoms with Crippen LogP contribution in [0.25, 0.3) is 0 Å². The molecule has 1 aliphatic carbocycles. The summed E-state index contributed by atoms with van der Waals surface area (Å²) in [5.41, 5.74) is 2.09. The van der Waals surface area contributed by atoms with Crippen LogP contribution >= 0.6 is 23.6 Å². The summed E-state index contributed by atoms with van der Waals surface area (Å²) in [4.78, 5) is 12.3. The summed E-state index contributed by atoms with van der Waals surface area (Å²) in [5, 5.41) is 10.8. The summed E-state index contributed by atoms with van der Waals surface area (Å²) in [5.74, 6) is -0.835. The zero-order chi connectivity index (χ0) is 12.3. The molecule has 1 aromatic heterocycles. The summed E-state index contributed by atoms with van der Waals surface area (Å²) in [6.45, 7) is 0. The summed E-state index contributed by atoms with van der Waals surface area (Å²) in [7, 11) is 0. The highest BCUT2D eigenvalue weighted by Gasteiger charge is 2.11. The predicted octanol–water partition coefficient (Wildman–Crippen LogP) is 3.64. The molecule has 0 saturated carbocycles. The van der Waals surface area contributed by atoms with Crippen LogP contribution in [0.3, 0.4) is 0 Å². The number of thiocarbonyl (C=S) groups is 1. The SMILES string of the molecule is O=C(O)c1sccc1CCC1=CC(=S)CC=C1. The second kappa shape index (κ2) is 5.38. The molecule has 0 saturated heterocycles. The van der Waals surface area contributed by atoms with Gasteiger partial charge in [0, 0.05) is 11.3 Å². The van der Waals surface area contributed by atoms with Crippen molar-refractivity contribution >= 4 is 34.4 Å². The maximum Gasteiger partial charge on any atom is 0.346 e. The fraction of sp³-hybridized carbons (Fsp3) is 0.231. The molecule has 1 aromatic rings. The fourth-order valence-electron chi connectivity index (χ4n) is 1.79. The number of carbonyl (C=O) groups is 1. The Morgan fingerprint density at radius 2 is 2.29 bits per heavy atom. The molecule has 0 spiro atoms. The van der Waals surface area contributed by atoms with Crippen molar-refractivity contribution in [2.45, 2.75) is 19.3 Å². The first-order chi connectivity index (χ1) is 8.16. The van der Waals surface area contributed by atoms with Crippen molar-refractivity contribution in [2.75, 3.05) is 0 Å². The Labute approximate surface area is 109 Å². The van der Waals surface area contributed by atoms with E-state index in [1.165, 1.54) is 16.9 Å². The molecule has 0 atom stereocenters. The normalized spacial score (nSPS) is 14.8. The van der Waals surface area contributed by atoms with E-state index in [4.69, 9.17) is 17.3 Å². The lowest BCUT2D eigenvalue weighted by molar-refractivity contribution is 0.0701. The topological polar surface area (TPSA) is 37.3 Å². The third-order valence-electron chi connectivity index (χ3n) is 2.62. The minimum atomic E-state index is -0.835. The second-order valence-electron chi connectivity index (χ2n) is 3.87. The molecule has 0 radical (unpaired) electrons. The van der Waals surface area contributed by atoms with Gasteiger partial charge in [-0.05, 0) is 41.5 Å². The van der Waals surface area contributed by atoms with Gasteiger partial charge in [-0.15, -0.1) is 11.3 Å². The first kappa shape index (κ1) is 12.2. The number of carboxylic acid groups (broad SMARTS) is 1. The average molecular weight is 264 g/mol. The molecule has 0 bridgehead atoms. The molecule has 4 heteroatoms. The van der Waals surface area contributed by atoms with Crippen LogP contribution in [0, 0.1) is 0 Å². The van der Waals surface area contributed by atoms with Crippen molar-refractivity contribution in [3.05, 3.63) is 45.7 Å². The van der Waals surface area contributed by atoms with Crippen molar-refractivity contribution < 1.29 is 9.90 Å². The molecule has 2 nitrogen and oxygen atoms in total. The molecule has 17 heavy (non-hydrogen) atoms. The maximum atomic E-state index is 10.9. The van der Waals surface area contributed by atoms with Gasteiger partial charge < -0.3 is 5.11 Å². The van der Waals surface area contributed by atoms with Gasteiger partial charge in [-0.3, -0.25) is 0 Å². The molecular weight excluding hydrogens is 252 g/mol. The summed E-state index contributed by atoms with van der Waals surface area (Å²) in [6, 6.07) is 1.89. The van der Waals surface area contributed by atoms with Gasteiger partial charge in [0.25, 0.3) is 0 Å². The quantitative estimate of drug-likeness (QED) is 0.844. The lowest BCUT2D eigenvalue weighted by Crippen LogP contribution is -2.00. The van der Waals surface area contributed by atoms with Crippen LogP contribution in [0.5, 0.6) is 0 Å². The molecule has 1 heterocycles. The van der Waals surface area contributed by atoms with Gasteiger partial charge in [0.15, 0.2) is 0 Å². The molecule has 0 unspecified atom stereocenters. The molecule has 0 aromatic carbocycles. The van der Waals surface area contributed by atoms with Crippen LogP contribution in [-0.2, 0) is 6.42 Å². The lowest BCUT2D eigenvalue weighted by atomic mass is 10.00. The van der Waals surface area contributed by atoms with E-state index in [0.717, 1.165) is 29.7 Å². The Morgan fingerprint density at radius 1 is 1.47 bits per heavy atom. The number of allylic oxidation sites excluding steroid dienone is 4. The van der Waals surface area contributed by atoms with Crippen molar-refractivity contribution in [3.8, 4) is 0 Å². The molecule has 2 rings (SSSR count). The Kier molecular flexibility index (Phi) is 3.86. The predicted molar refractivity (Wildman–Crippen MR) is 74.0 cm³/mol. The number of carboxylic acids is 1. The number of rotatable bonds is 4. The monoisotopic (exact) mass is 264 g/mol. The fourth-order valence-corrected chi connectivity index (χ4v) is 2.83. The number of thiophene rings is 1. The molecule has 0 amide bonds. The highest BCUT2D eigenvalue weighted by Crippen LogP contribution is 2.21. The van der Waals surface area contributed by atoms with E-state index < -0.39 is 5.97 Å². The van der Waals surface area contributed by atoms with Crippen LogP contribution in [0.1, 0.15) is 28.1 Å². The Bertz CT molecular complexity index is 509. The van der Waals surface area contributed by atoms with E-state index in [9.17, 15) is 4.79 Å². The molecule has 1 aliphatic rings. The minimum absolute atomic E-state index is 0.452. The number of aryl methyl sites for hydroxylation is 1. The molecule has 0 fully saturated rings. The summed E-state index contributed by atoms with van der Waals surface area (Å²) in [6.07, 6.45) is 8.59.